The molecule has 1 aromatic heterocycles. The smallest absolute Gasteiger partial charge is 0.336 e. The molecule has 3 aliphatic rings. The van der Waals surface area contributed by atoms with Gasteiger partial charge in [0, 0.05) is 23.1 Å². The van der Waals surface area contributed by atoms with Crippen LogP contribution in [-0.2, 0) is 28.8 Å². The van der Waals surface area contributed by atoms with Gasteiger partial charge in [-0.25, -0.2) is 4.79 Å². The number of fused-ring (bicyclic) bond motifs is 8. The topological polar surface area (TPSA) is 187 Å². The van der Waals surface area contributed by atoms with Crippen LogP contribution in [0.1, 0.15) is 40.9 Å². The van der Waals surface area contributed by atoms with Crippen LogP contribution in [-0.4, -0.2) is 67.3 Å². The van der Waals surface area contributed by atoms with Crippen molar-refractivity contribution in [3.63, 3.8) is 0 Å². The van der Waals surface area contributed by atoms with Gasteiger partial charge in [0.25, 0.3) is 5.91 Å². The monoisotopic (exact) mass is 575 g/mol. The molecule has 7 rings (SSSR count). The fraction of sp³-hybridized carbons (Fsp3) is 0.300. The highest BCUT2D eigenvalue weighted by atomic mass is 16.6. The molecule has 42 heavy (non-hydrogen) atoms. The van der Waals surface area contributed by atoms with Crippen molar-refractivity contribution in [3.05, 3.63) is 50.7 Å². The maximum absolute atomic E-state index is 14.0. The Kier molecular flexibility index (Phi) is 4.99. The Morgan fingerprint density at radius 2 is 1.64 bits per heavy atom. The van der Waals surface area contributed by atoms with E-state index < -0.39 is 63.6 Å². The summed E-state index contributed by atoms with van der Waals surface area (Å²) >= 11 is 0. The van der Waals surface area contributed by atoms with E-state index in [1.807, 2.05) is 0 Å². The molecule has 0 saturated carbocycles. The number of aromatic hydroxyl groups is 4. The Labute approximate surface area is 236 Å². The predicted molar refractivity (Wildman–Crippen MR) is 146 cm³/mol. The molecule has 1 saturated heterocycles. The van der Waals surface area contributed by atoms with Gasteiger partial charge in [-0.05, 0) is 49.9 Å². The Morgan fingerprint density at radius 3 is 2.33 bits per heavy atom. The van der Waals surface area contributed by atoms with Gasteiger partial charge in [0.15, 0.2) is 39.8 Å². The molecular formula is C30H25NO11. The van der Waals surface area contributed by atoms with Gasteiger partial charge in [0.05, 0.1) is 19.3 Å². The Hall–Kier alpha value is -4.97. The maximum Gasteiger partial charge on any atom is 0.336 e. The molecule has 5 N–H and O–H groups in total. The number of amides is 1. The second kappa shape index (κ2) is 8.07. The number of ether oxygens (including phenoxy) is 2. The normalized spacial score (nSPS) is 22.5. The van der Waals surface area contributed by atoms with Crippen LogP contribution in [0, 0.1) is 0 Å². The number of rotatable bonds is 2. The van der Waals surface area contributed by atoms with Gasteiger partial charge < -0.3 is 39.4 Å². The molecule has 0 unspecified atom stereocenters. The lowest BCUT2D eigenvalue weighted by atomic mass is 9.78. The van der Waals surface area contributed by atoms with Crippen LogP contribution in [0.25, 0.3) is 33.1 Å². The predicted octanol–water partition coefficient (Wildman–Crippen LogP) is 2.57. The van der Waals surface area contributed by atoms with Crippen molar-refractivity contribution in [2.75, 3.05) is 13.7 Å². The second-order valence-corrected chi connectivity index (χ2v) is 11.3. The van der Waals surface area contributed by atoms with Crippen LogP contribution in [0.4, 0.5) is 0 Å². The fourth-order valence-electron chi connectivity index (χ4n) is 6.85. The van der Waals surface area contributed by atoms with Crippen molar-refractivity contribution in [1.29, 1.82) is 0 Å². The molecule has 4 aromatic rings. The number of benzene rings is 3. The summed E-state index contributed by atoms with van der Waals surface area (Å²) in [6, 6.07) is 4.52. The molecule has 216 valence electrons. The molecule has 1 aliphatic carbocycles. The second-order valence-electron chi connectivity index (χ2n) is 11.3. The zero-order valence-corrected chi connectivity index (χ0v) is 22.7. The van der Waals surface area contributed by atoms with E-state index in [1.165, 1.54) is 26.2 Å². The zero-order chi connectivity index (χ0) is 30.0. The lowest BCUT2D eigenvalue weighted by Crippen LogP contribution is -2.60. The number of hydrogen-bond acceptors (Lipinski definition) is 11. The van der Waals surface area contributed by atoms with Crippen molar-refractivity contribution in [1.82, 2.24) is 4.90 Å². The molecule has 12 heteroatoms. The third kappa shape index (κ3) is 2.91. The summed E-state index contributed by atoms with van der Waals surface area (Å²) in [5.74, 6) is -3.85. The summed E-state index contributed by atoms with van der Waals surface area (Å²) in [6.07, 6.45) is 0.534. The number of esters is 1. The van der Waals surface area contributed by atoms with E-state index in [1.54, 1.807) is 13.0 Å². The van der Waals surface area contributed by atoms with E-state index in [0.717, 1.165) is 4.90 Å². The first kappa shape index (κ1) is 26.0. The van der Waals surface area contributed by atoms with Crippen LogP contribution < -0.4 is 10.2 Å². The number of nitrogens with zero attached hydrogens (tertiary/aromatic N) is 1. The van der Waals surface area contributed by atoms with E-state index in [0.29, 0.717) is 17.5 Å². The molecular weight excluding hydrogens is 550 g/mol. The van der Waals surface area contributed by atoms with E-state index in [9.17, 15) is 39.9 Å². The molecule has 1 amide bonds. The van der Waals surface area contributed by atoms with Gasteiger partial charge in [0.1, 0.15) is 22.1 Å². The van der Waals surface area contributed by atoms with Crippen molar-refractivity contribution in [3.8, 4) is 39.9 Å². The summed E-state index contributed by atoms with van der Waals surface area (Å²) in [5, 5.41) is 53.8. The average molecular weight is 576 g/mol. The highest BCUT2D eigenvalue weighted by molar-refractivity contribution is 6.10. The van der Waals surface area contributed by atoms with Gasteiger partial charge in [-0.3, -0.25) is 14.5 Å². The van der Waals surface area contributed by atoms with Crippen molar-refractivity contribution < 1.29 is 49.0 Å². The zero-order valence-electron chi connectivity index (χ0n) is 22.7. The molecule has 0 radical (unpaired) electrons. The van der Waals surface area contributed by atoms with E-state index in [4.69, 9.17) is 13.9 Å². The summed E-state index contributed by atoms with van der Waals surface area (Å²) in [6.45, 7) is 2.24. The average Bonchev–Trinajstić information content (AvgIpc) is 3.15. The number of methoxy groups -OCH3 is 1. The number of hydrogen-bond donors (Lipinski definition) is 5. The summed E-state index contributed by atoms with van der Waals surface area (Å²) in [7, 11) is 1.31. The molecule has 1 fully saturated rings. The number of phenolic OH excluding ortho intramolecular Hbond substituents is 4. The molecule has 3 aromatic carbocycles. The maximum atomic E-state index is 14.0. The Bertz CT molecular complexity index is 2010. The SMILES string of the molecule is COc1ccc2oc3c4c(c(O)c(O)c3c(=O)c2c1O)CCc1cc2c(c(O)c1-4)C(=O)N1[C@@](C)(CO)C(=O)O[C@@]1(C)C2. The van der Waals surface area contributed by atoms with Gasteiger partial charge in [0.2, 0.25) is 5.43 Å². The standard InChI is InChI=1S/C30H25NO11/c1-29(10-32)28(39)42-30(2)9-12-8-11-4-5-13-18(16(11)23(35)17(12)27(38)31(29)30)26-20(25(37)21(13)33)24(36)19-14(41-26)6-7-15(40-3)22(19)34/h6-8,32-35,37H,4-5,9-10H2,1-3H3/t29-,30-/m0/s1. The van der Waals surface area contributed by atoms with E-state index >= 15 is 0 Å². The summed E-state index contributed by atoms with van der Waals surface area (Å²) < 4.78 is 16.8. The van der Waals surface area contributed by atoms with Crippen molar-refractivity contribution in [2.45, 2.75) is 44.4 Å². The van der Waals surface area contributed by atoms with Gasteiger partial charge >= 0.3 is 5.97 Å². The summed E-state index contributed by atoms with van der Waals surface area (Å²) in [5.41, 5.74) is -2.84. The minimum absolute atomic E-state index is 0.00444. The number of carbonyl (C=O) groups excluding carboxylic acids is 2. The third-order valence-corrected chi connectivity index (χ3v) is 8.81. The third-order valence-electron chi connectivity index (χ3n) is 8.81. The molecule has 3 heterocycles. The first-order valence-electron chi connectivity index (χ1n) is 13.2. The first-order valence-corrected chi connectivity index (χ1v) is 13.2. The quantitative estimate of drug-likeness (QED) is 0.134. The van der Waals surface area contributed by atoms with Crippen LogP contribution >= 0.6 is 0 Å². The highest BCUT2D eigenvalue weighted by Gasteiger charge is 2.63. The number of aliphatic hydroxyl groups is 1. The van der Waals surface area contributed by atoms with Crippen LogP contribution in [0.2, 0.25) is 0 Å². The number of aryl methyl sites for hydroxylation is 1. The molecule has 12 nitrogen and oxygen atoms in total. The van der Waals surface area contributed by atoms with E-state index in [2.05, 4.69) is 0 Å². The molecule has 2 aliphatic heterocycles. The summed E-state index contributed by atoms with van der Waals surface area (Å²) in [4.78, 5) is 41.5. The van der Waals surface area contributed by atoms with Crippen LogP contribution in [0.5, 0.6) is 28.7 Å². The Balaban J connectivity index is 1.56. The highest BCUT2D eigenvalue weighted by Crippen LogP contribution is 2.54. The molecule has 2 atom stereocenters. The number of aliphatic hydroxyl groups excluding tert-OH is 1. The number of carbonyl (C=O) groups is 2. The van der Waals surface area contributed by atoms with Gasteiger partial charge in [-0.2, -0.15) is 0 Å². The largest absolute Gasteiger partial charge is 0.506 e. The van der Waals surface area contributed by atoms with Crippen LogP contribution in [0.15, 0.2) is 27.4 Å². The van der Waals surface area contributed by atoms with Crippen LogP contribution in [0.3, 0.4) is 0 Å². The lowest BCUT2D eigenvalue weighted by molar-refractivity contribution is -0.151. The minimum Gasteiger partial charge on any atom is -0.506 e. The lowest BCUT2D eigenvalue weighted by Gasteiger charge is -2.43. The first-order chi connectivity index (χ1) is 19.9. The van der Waals surface area contributed by atoms with Crippen molar-refractivity contribution in [2.24, 2.45) is 0 Å². The number of phenols is 4. The molecule has 0 spiro atoms. The van der Waals surface area contributed by atoms with Crippen molar-refractivity contribution >= 4 is 33.8 Å². The minimum atomic E-state index is -1.69. The fourth-order valence-corrected chi connectivity index (χ4v) is 6.85. The van der Waals surface area contributed by atoms with E-state index in [-0.39, 0.29) is 57.4 Å². The van der Waals surface area contributed by atoms with Gasteiger partial charge in [-0.15, -0.1) is 0 Å². The molecule has 0 bridgehead atoms. The Morgan fingerprint density at radius 1 is 0.905 bits per heavy atom. The van der Waals surface area contributed by atoms with Gasteiger partial charge in [-0.1, -0.05) is 6.07 Å².